The average Bonchev–Trinajstić information content (AvgIpc) is 2.68. The van der Waals surface area contributed by atoms with Crippen LogP contribution in [0, 0.1) is 0 Å². The number of nitrogens with one attached hydrogen (secondary N) is 2. The highest BCUT2D eigenvalue weighted by Crippen LogP contribution is 2.25. The maximum atomic E-state index is 5.95. The smallest absolute Gasteiger partial charge is 0.191 e. The summed E-state index contributed by atoms with van der Waals surface area (Å²) < 4.78 is 16.7. The van der Waals surface area contributed by atoms with Crippen molar-refractivity contribution in [2.24, 2.45) is 4.99 Å². The molecule has 2 N–H and O–H groups in total. The zero-order valence-electron chi connectivity index (χ0n) is 17.7. The van der Waals surface area contributed by atoms with Crippen molar-refractivity contribution in [1.29, 1.82) is 0 Å². The van der Waals surface area contributed by atoms with Crippen LogP contribution in [-0.4, -0.2) is 77.1 Å². The normalized spacial score (nSPS) is 17.4. The van der Waals surface area contributed by atoms with Gasteiger partial charge in [-0.1, -0.05) is 6.07 Å². The minimum absolute atomic E-state index is 0. The van der Waals surface area contributed by atoms with Gasteiger partial charge in [-0.2, -0.15) is 0 Å². The third-order valence-electron chi connectivity index (χ3n) is 5.12. The number of hydrogen-bond acceptors (Lipinski definition) is 5. The first-order chi connectivity index (χ1) is 13.0. The van der Waals surface area contributed by atoms with Crippen molar-refractivity contribution in [3.8, 4) is 11.5 Å². The summed E-state index contributed by atoms with van der Waals surface area (Å²) in [5.41, 5.74) is 0.0958. The summed E-state index contributed by atoms with van der Waals surface area (Å²) in [4.78, 5) is 6.63. The number of nitrogens with zero attached hydrogens (tertiary/aromatic N) is 2. The van der Waals surface area contributed by atoms with Crippen LogP contribution in [0.5, 0.6) is 11.5 Å². The van der Waals surface area contributed by atoms with Crippen LogP contribution in [0.4, 0.5) is 0 Å². The zero-order valence-corrected chi connectivity index (χ0v) is 20.0. The van der Waals surface area contributed by atoms with E-state index in [1.165, 1.54) is 0 Å². The lowest BCUT2D eigenvalue weighted by Crippen LogP contribution is -2.57. The van der Waals surface area contributed by atoms with Crippen LogP contribution >= 0.6 is 24.0 Å². The quantitative estimate of drug-likeness (QED) is 0.321. The van der Waals surface area contributed by atoms with E-state index in [2.05, 4.69) is 34.6 Å². The van der Waals surface area contributed by atoms with Crippen molar-refractivity contribution in [3.63, 3.8) is 0 Å². The third kappa shape index (κ3) is 7.29. The second kappa shape index (κ2) is 12.3. The minimum Gasteiger partial charge on any atom is -0.497 e. The average molecular weight is 506 g/mol. The Labute approximate surface area is 186 Å². The molecule has 1 unspecified atom stereocenters. The second-order valence-corrected chi connectivity index (χ2v) is 7.15. The Balaban J connectivity index is 0.00000392. The van der Waals surface area contributed by atoms with Gasteiger partial charge in [-0.05, 0) is 46.0 Å². The summed E-state index contributed by atoms with van der Waals surface area (Å²) in [6.45, 7) is 5.11. The molecular formula is C20H35IN4O3. The molecule has 28 heavy (non-hydrogen) atoms. The fourth-order valence-corrected chi connectivity index (χ4v) is 3.19. The Morgan fingerprint density at radius 3 is 2.54 bits per heavy atom. The highest BCUT2D eigenvalue weighted by molar-refractivity contribution is 14.0. The maximum Gasteiger partial charge on any atom is 0.191 e. The van der Waals surface area contributed by atoms with Gasteiger partial charge in [-0.3, -0.25) is 4.99 Å². The number of rotatable bonds is 8. The molecular weight excluding hydrogens is 471 g/mol. The number of hydrogen-bond donors (Lipinski definition) is 2. The maximum absolute atomic E-state index is 5.95. The zero-order chi connectivity index (χ0) is 19.7. The van der Waals surface area contributed by atoms with Crippen molar-refractivity contribution in [3.05, 3.63) is 24.3 Å². The molecule has 2 rings (SSSR count). The topological polar surface area (TPSA) is 67.4 Å². The van der Waals surface area contributed by atoms with E-state index in [9.17, 15) is 0 Å². The van der Waals surface area contributed by atoms with Crippen LogP contribution in [0.2, 0.25) is 0 Å². The highest BCUT2D eigenvalue weighted by Gasteiger charge is 2.34. The number of ether oxygens (including phenoxy) is 3. The summed E-state index contributed by atoms with van der Waals surface area (Å²) >= 11 is 0. The van der Waals surface area contributed by atoms with Crippen LogP contribution < -0.4 is 20.1 Å². The lowest BCUT2D eigenvalue weighted by molar-refractivity contribution is -0.00502. The fourth-order valence-electron chi connectivity index (χ4n) is 3.19. The van der Waals surface area contributed by atoms with E-state index in [0.717, 1.165) is 50.1 Å². The molecule has 1 aromatic carbocycles. The van der Waals surface area contributed by atoms with Gasteiger partial charge in [0.15, 0.2) is 5.96 Å². The molecule has 0 aromatic heterocycles. The molecule has 1 heterocycles. The molecule has 1 aliphatic rings. The van der Waals surface area contributed by atoms with Gasteiger partial charge in [0.25, 0.3) is 0 Å². The molecule has 1 aromatic rings. The first-order valence-electron chi connectivity index (χ1n) is 9.49. The van der Waals surface area contributed by atoms with E-state index in [4.69, 9.17) is 14.2 Å². The molecule has 8 heteroatoms. The van der Waals surface area contributed by atoms with Gasteiger partial charge >= 0.3 is 0 Å². The molecule has 1 fully saturated rings. The number of aliphatic imine (C=N–C) groups is 1. The van der Waals surface area contributed by atoms with E-state index < -0.39 is 0 Å². The Kier molecular flexibility index (Phi) is 10.9. The molecule has 0 bridgehead atoms. The molecule has 0 saturated carbocycles. The second-order valence-electron chi connectivity index (χ2n) is 7.15. The number of likely N-dealkylation sites (N-methyl/N-ethyl adjacent to an activating group) is 1. The van der Waals surface area contributed by atoms with Crippen LogP contribution in [0.3, 0.4) is 0 Å². The molecule has 1 atom stereocenters. The first-order valence-corrected chi connectivity index (χ1v) is 9.49. The van der Waals surface area contributed by atoms with Gasteiger partial charge < -0.3 is 29.7 Å². The van der Waals surface area contributed by atoms with Gasteiger partial charge in [0.05, 0.1) is 13.7 Å². The molecule has 1 aliphatic heterocycles. The number of halogens is 1. The summed E-state index contributed by atoms with van der Waals surface area (Å²) in [6, 6.07) is 7.63. The van der Waals surface area contributed by atoms with Crippen molar-refractivity contribution >= 4 is 29.9 Å². The fraction of sp³-hybridized carbons (Fsp3) is 0.650. The molecule has 0 radical (unpaired) electrons. The van der Waals surface area contributed by atoms with Gasteiger partial charge in [-0.25, -0.2) is 0 Å². The van der Waals surface area contributed by atoms with Crippen LogP contribution in [-0.2, 0) is 4.74 Å². The van der Waals surface area contributed by atoms with Gasteiger partial charge in [-0.15, -0.1) is 24.0 Å². The molecule has 7 nitrogen and oxygen atoms in total. The lowest BCUT2D eigenvalue weighted by atomic mass is 9.88. The van der Waals surface area contributed by atoms with Crippen molar-refractivity contribution < 1.29 is 14.2 Å². The summed E-state index contributed by atoms with van der Waals surface area (Å²) in [5.74, 6) is 2.36. The standard InChI is InChI=1S/C20H34N4O3.HI/c1-16(27-18-8-6-7-17(13-18)25-5)14-22-19(21-2)23-15-20(24(3)4)9-11-26-12-10-20;/h6-8,13,16H,9-12,14-15H2,1-5H3,(H2,21,22,23);1H. The Bertz CT molecular complexity index is 607. The molecule has 160 valence electrons. The number of methoxy groups -OCH3 is 1. The predicted molar refractivity (Wildman–Crippen MR) is 124 cm³/mol. The highest BCUT2D eigenvalue weighted by atomic mass is 127. The van der Waals surface area contributed by atoms with Gasteiger partial charge in [0, 0.05) is 38.4 Å². The predicted octanol–water partition coefficient (Wildman–Crippen LogP) is 2.36. The minimum atomic E-state index is -0.0125. The largest absolute Gasteiger partial charge is 0.497 e. The van der Waals surface area contributed by atoms with E-state index in [0.29, 0.717) is 6.54 Å². The van der Waals surface area contributed by atoms with Crippen molar-refractivity contribution in [2.45, 2.75) is 31.4 Å². The van der Waals surface area contributed by atoms with Crippen molar-refractivity contribution in [1.82, 2.24) is 15.5 Å². The Hall–Kier alpha value is -1.26. The van der Waals surface area contributed by atoms with Crippen molar-refractivity contribution in [2.75, 3.05) is 54.6 Å². The lowest BCUT2D eigenvalue weighted by Gasteiger charge is -2.43. The van der Waals surface area contributed by atoms with Gasteiger partial charge in [0.1, 0.15) is 17.6 Å². The van der Waals surface area contributed by atoms with E-state index in [-0.39, 0.29) is 35.6 Å². The monoisotopic (exact) mass is 506 g/mol. The summed E-state index contributed by atoms with van der Waals surface area (Å²) in [5, 5.41) is 6.81. The Morgan fingerprint density at radius 1 is 1.25 bits per heavy atom. The van der Waals surface area contributed by atoms with E-state index in [1.54, 1.807) is 14.2 Å². The SMILES string of the molecule is CN=C(NCC(C)Oc1cccc(OC)c1)NCC1(N(C)C)CCOCC1.I. The summed E-state index contributed by atoms with van der Waals surface area (Å²) in [6.07, 6.45) is 2.01. The van der Waals surface area contributed by atoms with Gasteiger partial charge in [0.2, 0.25) is 0 Å². The third-order valence-corrected chi connectivity index (χ3v) is 5.12. The molecule has 0 aliphatic carbocycles. The van der Waals surface area contributed by atoms with Crippen LogP contribution in [0.1, 0.15) is 19.8 Å². The van der Waals surface area contributed by atoms with E-state index in [1.807, 2.05) is 31.2 Å². The molecule has 0 spiro atoms. The Morgan fingerprint density at radius 2 is 1.93 bits per heavy atom. The number of benzene rings is 1. The van der Waals surface area contributed by atoms with Crippen LogP contribution in [0.15, 0.2) is 29.3 Å². The number of guanidine groups is 1. The first kappa shape index (κ1) is 24.8. The van der Waals surface area contributed by atoms with Crippen LogP contribution in [0.25, 0.3) is 0 Å². The molecule has 0 amide bonds. The summed E-state index contributed by atoms with van der Waals surface area (Å²) in [7, 11) is 7.70. The molecule has 1 saturated heterocycles. The van der Waals surface area contributed by atoms with E-state index >= 15 is 0 Å².